The van der Waals surface area contributed by atoms with E-state index in [4.69, 9.17) is 14.2 Å². The molecule has 6 nitrogen and oxygen atoms in total. The Bertz CT molecular complexity index is 1140. The van der Waals surface area contributed by atoms with Crippen LogP contribution in [0.3, 0.4) is 0 Å². The molecule has 1 saturated carbocycles. The Morgan fingerprint density at radius 3 is 2.49 bits per heavy atom. The fraction of sp³-hybridized carbons (Fsp3) is 0.379. The Balaban J connectivity index is 1.68. The first kappa shape index (κ1) is 24.6. The molecule has 184 valence electrons. The maximum absolute atomic E-state index is 12.8. The summed E-state index contributed by atoms with van der Waals surface area (Å²) in [5, 5.41) is 0. The Kier molecular flexibility index (Phi) is 7.59. The summed E-state index contributed by atoms with van der Waals surface area (Å²) < 4.78 is 17.4. The van der Waals surface area contributed by atoms with Gasteiger partial charge >= 0.3 is 5.97 Å². The average molecular weight is 475 g/mol. The molecule has 6 heteroatoms. The monoisotopic (exact) mass is 474 g/mol. The summed E-state index contributed by atoms with van der Waals surface area (Å²) in [4.78, 5) is 19.2. The van der Waals surface area contributed by atoms with E-state index in [1.54, 1.807) is 19.4 Å². The van der Waals surface area contributed by atoms with Crippen LogP contribution in [0, 0.1) is 5.92 Å². The summed E-state index contributed by atoms with van der Waals surface area (Å²) >= 11 is 0. The van der Waals surface area contributed by atoms with Gasteiger partial charge in [0.1, 0.15) is 5.60 Å². The van der Waals surface area contributed by atoms with Gasteiger partial charge in [0, 0.05) is 36.4 Å². The van der Waals surface area contributed by atoms with Crippen LogP contribution in [0.1, 0.15) is 56.0 Å². The molecular formula is C29H34N2O4. The second-order valence-corrected chi connectivity index (χ2v) is 9.94. The zero-order valence-electron chi connectivity index (χ0n) is 21.0. The summed E-state index contributed by atoms with van der Waals surface area (Å²) in [6.45, 7) is 6.86. The molecule has 1 aliphatic carbocycles. The van der Waals surface area contributed by atoms with Crippen molar-refractivity contribution >= 4 is 17.3 Å². The van der Waals surface area contributed by atoms with Crippen LogP contribution in [0.4, 0.5) is 11.4 Å². The van der Waals surface area contributed by atoms with Crippen LogP contribution in [0.5, 0.6) is 11.5 Å². The summed E-state index contributed by atoms with van der Waals surface area (Å²) in [6.07, 6.45) is 7.32. The molecule has 4 rings (SSSR count). The molecule has 0 saturated heterocycles. The lowest BCUT2D eigenvalue weighted by molar-refractivity contribution is 0.00695. The van der Waals surface area contributed by atoms with Crippen molar-refractivity contribution in [3.05, 3.63) is 78.1 Å². The highest BCUT2D eigenvalue weighted by Gasteiger charge is 2.21. The first-order valence-corrected chi connectivity index (χ1v) is 12.1. The van der Waals surface area contributed by atoms with Gasteiger partial charge in [-0.05, 0) is 81.5 Å². The second kappa shape index (κ2) is 10.8. The number of anilines is 2. The van der Waals surface area contributed by atoms with Crippen LogP contribution >= 0.6 is 0 Å². The molecular weight excluding hydrogens is 440 g/mol. The van der Waals surface area contributed by atoms with Crippen molar-refractivity contribution < 1.29 is 19.0 Å². The van der Waals surface area contributed by atoms with Crippen molar-refractivity contribution in [2.75, 3.05) is 18.6 Å². The van der Waals surface area contributed by atoms with Crippen molar-refractivity contribution in [2.24, 2.45) is 5.92 Å². The molecule has 0 spiro atoms. The predicted molar refractivity (Wildman–Crippen MR) is 138 cm³/mol. The zero-order chi connectivity index (χ0) is 24.8. The lowest BCUT2D eigenvalue weighted by atomic mass is 9.86. The maximum Gasteiger partial charge on any atom is 0.338 e. The molecule has 2 aromatic carbocycles. The van der Waals surface area contributed by atoms with Gasteiger partial charge in [-0.1, -0.05) is 18.6 Å². The molecule has 1 aromatic heterocycles. The smallest absolute Gasteiger partial charge is 0.338 e. The van der Waals surface area contributed by atoms with Crippen molar-refractivity contribution in [2.45, 2.75) is 52.2 Å². The van der Waals surface area contributed by atoms with Gasteiger partial charge in [-0.25, -0.2) is 4.79 Å². The fourth-order valence-electron chi connectivity index (χ4n) is 3.96. The van der Waals surface area contributed by atoms with Crippen molar-refractivity contribution in [3.63, 3.8) is 0 Å². The lowest BCUT2D eigenvalue weighted by Gasteiger charge is -2.28. The van der Waals surface area contributed by atoms with Crippen molar-refractivity contribution in [1.82, 2.24) is 4.98 Å². The molecule has 0 radical (unpaired) electrons. The minimum Gasteiger partial charge on any atom is -0.493 e. The van der Waals surface area contributed by atoms with E-state index < -0.39 is 5.60 Å². The van der Waals surface area contributed by atoms with E-state index >= 15 is 0 Å². The molecule has 0 unspecified atom stereocenters. The predicted octanol–water partition coefficient (Wildman–Crippen LogP) is 6.56. The quantitative estimate of drug-likeness (QED) is 0.327. The van der Waals surface area contributed by atoms with E-state index in [9.17, 15) is 4.79 Å². The van der Waals surface area contributed by atoms with E-state index in [1.165, 1.54) is 19.3 Å². The number of hydrogen-bond acceptors (Lipinski definition) is 6. The molecule has 0 amide bonds. The molecule has 0 aliphatic heterocycles. The number of ether oxygens (including phenoxy) is 3. The number of esters is 1. The first-order valence-electron chi connectivity index (χ1n) is 12.1. The standard InChI is InChI=1S/C29H34N2O4/c1-29(2,3)35-28(32)23-11-6-12-24(16-23)31(19-22-10-7-15-30-18-22)25-13-14-26(33-4)27(17-25)34-20-21-8-5-9-21/h6-7,10-18,21H,5,8-9,19-20H2,1-4H3. The fourth-order valence-corrected chi connectivity index (χ4v) is 3.96. The van der Waals surface area contributed by atoms with Crippen molar-refractivity contribution in [3.8, 4) is 11.5 Å². The largest absolute Gasteiger partial charge is 0.493 e. The van der Waals surface area contributed by atoms with Gasteiger partial charge in [0.15, 0.2) is 11.5 Å². The van der Waals surface area contributed by atoms with Crippen LogP contribution in [0.2, 0.25) is 0 Å². The van der Waals surface area contributed by atoms with Crippen LogP contribution in [0.15, 0.2) is 67.0 Å². The average Bonchev–Trinajstić information content (AvgIpc) is 2.81. The van der Waals surface area contributed by atoms with Gasteiger partial charge in [-0.15, -0.1) is 0 Å². The SMILES string of the molecule is COc1ccc(N(Cc2cccnc2)c2cccc(C(=O)OC(C)(C)C)c2)cc1OCC1CCC1. The minimum atomic E-state index is -0.564. The van der Waals surface area contributed by atoms with E-state index in [0.29, 0.717) is 30.4 Å². The Morgan fingerprint density at radius 2 is 1.83 bits per heavy atom. The van der Waals surface area contributed by atoms with E-state index in [1.807, 2.05) is 75.5 Å². The number of aromatic nitrogens is 1. The number of rotatable bonds is 9. The summed E-state index contributed by atoms with van der Waals surface area (Å²) in [7, 11) is 1.66. The van der Waals surface area contributed by atoms with Crippen LogP contribution in [-0.2, 0) is 11.3 Å². The summed E-state index contributed by atoms with van der Waals surface area (Å²) in [5.74, 6) is 1.69. The van der Waals surface area contributed by atoms with Gasteiger partial charge in [0.05, 0.1) is 19.3 Å². The van der Waals surface area contributed by atoms with E-state index in [2.05, 4.69) is 9.88 Å². The van der Waals surface area contributed by atoms with Crippen LogP contribution in [0.25, 0.3) is 0 Å². The van der Waals surface area contributed by atoms with Crippen LogP contribution in [-0.4, -0.2) is 30.3 Å². The van der Waals surface area contributed by atoms with Gasteiger partial charge < -0.3 is 19.1 Å². The number of pyridine rings is 1. The second-order valence-electron chi connectivity index (χ2n) is 9.94. The number of carbonyl (C=O) groups excluding carboxylic acids is 1. The Labute approximate surface area is 207 Å². The van der Waals surface area contributed by atoms with Gasteiger partial charge in [0.2, 0.25) is 0 Å². The number of methoxy groups -OCH3 is 1. The molecule has 1 heterocycles. The van der Waals surface area contributed by atoms with Crippen molar-refractivity contribution in [1.29, 1.82) is 0 Å². The summed E-state index contributed by atoms with van der Waals surface area (Å²) in [6, 6.07) is 17.4. The minimum absolute atomic E-state index is 0.347. The van der Waals surface area contributed by atoms with E-state index in [0.717, 1.165) is 22.7 Å². The molecule has 0 atom stereocenters. The van der Waals surface area contributed by atoms with E-state index in [-0.39, 0.29) is 5.97 Å². The maximum atomic E-state index is 12.8. The topological polar surface area (TPSA) is 60.9 Å². The normalized spacial score (nSPS) is 13.6. The lowest BCUT2D eigenvalue weighted by Crippen LogP contribution is -2.24. The third-order valence-corrected chi connectivity index (χ3v) is 6.01. The third-order valence-electron chi connectivity index (χ3n) is 6.01. The van der Waals surface area contributed by atoms with Crippen LogP contribution < -0.4 is 14.4 Å². The van der Waals surface area contributed by atoms with Gasteiger partial charge in [-0.3, -0.25) is 4.98 Å². The summed E-state index contributed by atoms with van der Waals surface area (Å²) in [5.41, 5.74) is 2.78. The zero-order valence-corrected chi connectivity index (χ0v) is 21.0. The highest BCUT2D eigenvalue weighted by molar-refractivity contribution is 5.91. The number of carbonyl (C=O) groups is 1. The molecule has 1 fully saturated rings. The first-order chi connectivity index (χ1) is 16.8. The Morgan fingerprint density at radius 1 is 1.03 bits per heavy atom. The highest BCUT2D eigenvalue weighted by atomic mass is 16.6. The van der Waals surface area contributed by atoms with Gasteiger partial charge in [0.25, 0.3) is 0 Å². The van der Waals surface area contributed by atoms with Gasteiger partial charge in [-0.2, -0.15) is 0 Å². The molecule has 35 heavy (non-hydrogen) atoms. The highest BCUT2D eigenvalue weighted by Crippen LogP contribution is 2.37. The number of benzene rings is 2. The number of hydrogen-bond donors (Lipinski definition) is 0. The molecule has 0 bridgehead atoms. The molecule has 0 N–H and O–H groups in total. The molecule has 3 aromatic rings. The Hall–Kier alpha value is -3.54. The third kappa shape index (κ3) is 6.53. The number of nitrogens with zero attached hydrogens (tertiary/aromatic N) is 2. The molecule has 1 aliphatic rings.